The second-order valence-electron chi connectivity index (χ2n) is 4.02. The maximum Gasteiger partial charge on any atom is 0.252 e. The summed E-state index contributed by atoms with van der Waals surface area (Å²) in [5.41, 5.74) is 7.09. The van der Waals surface area contributed by atoms with Crippen LogP contribution in [0.4, 0.5) is 0 Å². The number of aromatic amines is 1. The van der Waals surface area contributed by atoms with Gasteiger partial charge in [-0.3, -0.25) is 4.79 Å². The van der Waals surface area contributed by atoms with E-state index in [-0.39, 0.29) is 5.56 Å². The molecule has 15 heavy (non-hydrogen) atoms. The van der Waals surface area contributed by atoms with Crippen LogP contribution in [0.5, 0.6) is 0 Å². The van der Waals surface area contributed by atoms with Crippen molar-refractivity contribution in [2.24, 2.45) is 5.73 Å². The quantitative estimate of drug-likeness (QED) is 0.653. The van der Waals surface area contributed by atoms with Crippen LogP contribution in [0.15, 0.2) is 16.9 Å². The third kappa shape index (κ3) is 2.27. The van der Waals surface area contributed by atoms with Crippen LogP contribution in [-0.2, 0) is 6.54 Å². The van der Waals surface area contributed by atoms with E-state index in [1.807, 2.05) is 12.1 Å². The molecule has 0 aliphatic carbocycles. The highest BCUT2D eigenvalue weighted by Crippen LogP contribution is 2.20. The second kappa shape index (κ2) is 4.59. The van der Waals surface area contributed by atoms with Gasteiger partial charge in [0, 0.05) is 30.3 Å². The summed E-state index contributed by atoms with van der Waals surface area (Å²) in [5, 5.41) is 3.33. The molecule has 0 aromatic carbocycles. The molecule has 82 valence electrons. The van der Waals surface area contributed by atoms with Crippen LogP contribution in [-0.4, -0.2) is 18.1 Å². The highest BCUT2D eigenvalue weighted by molar-refractivity contribution is 5.17. The van der Waals surface area contributed by atoms with E-state index in [0.717, 1.165) is 25.2 Å². The van der Waals surface area contributed by atoms with Gasteiger partial charge >= 0.3 is 0 Å². The molecule has 1 unspecified atom stereocenters. The van der Waals surface area contributed by atoms with Crippen LogP contribution in [0, 0.1) is 0 Å². The summed E-state index contributed by atoms with van der Waals surface area (Å²) in [5.74, 6) is 0.443. The highest BCUT2D eigenvalue weighted by atomic mass is 16.1. The Morgan fingerprint density at radius 2 is 2.33 bits per heavy atom. The molecule has 0 amide bonds. The highest BCUT2D eigenvalue weighted by Gasteiger charge is 2.15. The first-order chi connectivity index (χ1) is 7.31. The van der Waals surface area contributed by atoms with Gasteiger partial charge in [-0.2, -0.15) is 0 Å². The smallest absolute Gasteiger partial charge is 0.252 e. The number of piperidine rings is 1. The average Bonchev–Trinajstić information content (AvgIpc) is 2.30. The van der Waals surface area contributed by atoms with E-state index in [2.05, 4.69) is 10.3 Å². The number of hydrogen-bond acceptors (Lipinski definition) is 3. The minimum Gasteiger partial charge on any atom is -0.326 e. The van der Waals surface area contributed by atoms with Crippen molar-refractivity contribution >= 4 is 0 Å². The van der Waals surface area contributed by atoms with E-state index in [1.165, 1.54) is 6.42 Å². The summed E-state index contributed by atoms with van der Waals surface area (Å²) in [6.45, 7) is 2.35. The SMILES string of the molecule is NCc1ccc(C2CCCNC2)[nH]c1=O. The van der Waals surface area contributed by atoms with Crippen LogP contribution >= 0.6 is 0 Å². The standard InChI is InChI=1S/C11H17N3O/c12-6-8-3-4-10(14-11(8)15)9-2-1-5-13-7-9/h3-4,9,13H,1-2,5-7,12H2,(H,14,15). The van der Waals surface area contributed by atoms with Gasteiger partial charge in [-0.15, -0.1) is 0 Å². The average molecular weight is 207 g/mol. The van der Waals surface area contributed by atoms with E-state index in [9.17, 15) is 4.79 Å². The van der Waals surface area contributed by atoms with E-state index in [4.69, 9.17) is 5.73 Å². The van der Waals surface area contributed by atoms with Crippen molar-refractivity contribution in [2.45, 2.75) is 25.3 Å². The van der Waals surface area contributed by atoms with Crippen molar-refractivity contribution in [3.05, 3.63) is 33.7 Å². The number of aromatic nitrogens is 1. The lowest BCUT2D eigenvalue weighted by molar-refractivity contribution is 0.454. The lowest BCUT2D eigenvalue weighted by atomic mass is 9.95. The van der Waals surface area contributed by atoms with E-state index in [0.29, 0.717) is 18.0 Å². The molecule has 4 heteroatoms. The lowest BCUT2D eigenvalue weighted by Crippen LogP contribution is -2.30. The van der Waals surface area contributed by atoms with Crippen LogP contribution in [0.25, 0.3) is 0 Å². The Labute approximate surface area is 88.9 Å². The van der Waals surface area contributed by atoms with Gasteiger partial charge in [0.1, 0.15) is 0 Å². The first-order valence-electron chi connectivity index (χ1n) is 5.44. The second-order valence-corrected chi connectivity index (χ2v) is 4.02. The van der Waals surface area contributed by atoms with Gasteiger partial charge in [-0.25, -0.2) is 0 Å². The molecule has 4 nitrogen and oxygen atoms in total. The summed E-state index contributed by atoms with van der Waals surface area (Å²) >= 11 is 0. The summed E-state index contributed by atoms with van der Waals surface area (Å²) in [4.78, 5) is 14.5. The maximum atomic E-state index is 11.6. The van der Waals surface area contributed by atoms with Crippen molar-refractivity contribution in [2.75, 3.05) is 13.1 Å². The largest absolute Gasteiger partial charge is 0.326 e. The molecule has 1 saturated heterocycles. The maximum absolute atomic E-state index is 11.6. The van der Waals surface area contributed by atoms with Crippen molar-refractivity contribution in [3.8, 4) is 0 Å². The molecule has 2 heterocycles. The number of nitrogens with one attached hydrogen (secondary N) is 2. The minimum absolute atomic E-state index is 0.0411. The molecule has 1 atom stereocenters. The molecule has 0 radical (unpaired) electrons. The molecule has 4 N–H and O–H groups in total. The van der Waals surface area contributed by atoms with Gasteiger partial charge in [0.25, 0.3) is 5.56 Å². The van der Waals surface area contributed by atoms with Crippen LogP contribution in [0.3, 0.4) is 0 Å². The monoisotopic (exact) mass is 207 g/mol. The zero-order valence-electron chi connectivity index (χ0n) is 8.75. The molecule has 1 aromatic heterocycles. The first kappa shape index (κ1) is 10.4. The van der Waals surface area contributed by atoms with Gasteiger partial charge in [0.15, 0.2) is 0 Å². The topological polar surface area (TPSA) is 70.9 Å². The zero-order valence-corrected chi connectivity index (χ0v) is 8.75. The Kier molecular flexibility index (Phi) is 3.18. The lowest BCUT2D eigenvalue weighted by Gasteiger charge is -2.22. The molecule has 1 aliphatic heterocycles. The summed E-state index contributed by atoms with van der Waals surface area (Å²) < 4.78 is 0. The van der Waals surface area contributed by atoms with Crippen molar-refractivity contribution in [1.82, 2.24) is 10.3 Å². The molecule has 0 saturated carbocycles. The Bertz CT molecular complexity index is 380. The van der Waals surface area contributed by atoms with E-state index >= 15 is 0 Å². The van der Waals surface area contributed by atoms with E-state index < -0.39 is 0 Å². The Balaban J connectivity index is 2.21. The molecule has 0 spiro atoms. The van der Waals surface area contributed by atoms with Crippen LogP contribution in [0.1, 0.15) is 30.0 Å². The zero-order chi connectivity index (χ0) is 10.7. The molecule has 1 aromatic rings. The number of nitrogens with two attached hydrogens (primary N) is 1. The summed E-state index contributed by atoms with van der Waals surface area (Å²) in [6.07, 6.45) is 2.32. The molecular formula is C11H17N3O. The van der Waals surface area contributed by atoms with Gasteiger partial charge in [0.2, 0.25) is 0 Å². The van der Waals surface area contributed by atoms with Crippen LogP contribution in [0.2, 0.25) is 0 Å². The number of rotatable bonds is 2. The third-order valence-electron chi connectivity index (χ3n) is 2.97. The Morgan fingerprint density at radius 3 is 2.93 bits per heavy atom. The molecule has 1 fully saturated rings. The van der Waals surface area contributed by atoms with Crippen molar-refractivity contribution in [3.63, 3.8) is 0 Å². The number of pyridine rings is 1. The van der Waals surface area contributed by atoms with Crippen molar-refractivity contribution < 1.29 is 0 Å². The number of H-pyrrole nitrogens is 1. The van der Waals surface area contributed by atoms with Gasteiger partial charge < -0.3 is 16.0 Å². The third-order valence-corrected chi connectivity index (χ3v) is 2.97. The summed E-state index contributed by atoms with van der Waals surface area (Å²) in [6, 6.07) is 3.82. The minimum atomic E-state index is -0.0411. The Morgan fingerprint density at radius 1 is 1.47 bits per heavy atom. The van der Waals surface area contributed by atoms with Gasteiger partial charge in [-0.1, -0.05) is 6.07 Å². The number of hydrogen-bond donors (Lipinski definition) is 3. The molecule has 0 bridgehead atoms. The fourth-order valence-electron chi connectivity index (χ4n) is 2.04. The first-order valence-corrected chi connectivity index (χ1v) is 5.44. The Hall–Kier alpha value is -1.13. The molecular weight excluding hydrogens is 190 g/mol. The predicted molar refractivity (Wildman–Crippen MR) is 59.8 cm³/mol. The van der Waals surface area contributed by atoms with E-state index in [1.54, 1.807) is 0 Å². The molecule has 1 aliphatic rings. The fourth-order valence-corrected chi connectivity index (χ4v) is 2.04. The normalized spacial score (nSPS) is 21.5. The molecule has 2 rings (SSSR count). The van der Waals surface area contributed by atoms with Gasteiger partial charge in [0.05, 0.1) is 0 Å². The predicted octanol–water partition coefficient (Wildman–Crippen LogP) is 0.301. The van der Waals surface area contributed by atoms with Crippen LogP contribution < -0.4 is 16.6 Å². The van der Waals surface area contributed by atoms with Crippen molar-refractivity contribution in [1.29, 1.82) is 0 Å². The fraction of sp³-hybridized carbons (Fsp3) is 0.545. The summed E-state index contributed by atoms with van der Waals surface area (Å²) in [7, 11) is 0. The van der Waals surface area contributed by atoms with Gasteiger partial charge in [-0.05, 0) is 25.5 Å².